The predicted molar refractivity (Wildman–Crippen MR) is 123 cm³/mol. The normalized spacial score (nSPS) is 12.9. The zero-order valence-corrected chi connectivity index (χ0v) is 18.6. The van der Waals surface area contributed by atoms with Gasteiger partial charge in [0.1, 0.15) is 0 Å². The molecule has 7 heteroatoms. The number of hydrogen-bond donors (Lipinski definition) is 2. The van der Waals surface area contributed by atoms with Crippen molar-refractivity contribution >= 4 is 35.8 Å². The molecule has 0 unspecified atom stereocenters. The first-order valence-corrected chi connectivity index (χ1v) is 9.45. The van der Waals surface area contributed by atoms with Gasteiger partial charge in [-0.15, -0.1) is 24.0 Å². The number of carbonyl (C=O) groups excluding carboxylic acids is 1. The van der Waals surface area contributed by atoms with E-state index < -0.39 is 0 Å². The van der Waals surface area contributed by atoms with Gasteiger partial charge in [0.25, 0.3) is 0 Å². The SMILES string of the molecule is CN=C(NCCCC(=O)N1Cc2ccccc2C1)NCCc1ccccn1.I. The van der Waals surface area contributed by atoms with Crippen molar-refractivity contribution in [1.29, 1.82) is 0 Å². The van der Waals surface area contributed by atoms with Crippen LogP contribution in [0.25, 0.3) is 0 Å². The van der Waals surface area contributed by atoms with Gasteiger partial charge < -0.3 is 15.5 Å². The Morgan fingerprint density at radius 3 is 2.39 bits per heavy atom. The van der Waals surface area contributed by atoms with Gasteiger partial charge in [0, 0.05) is 58.0 Å². The summed E-state index contributed by atoms with van der Waals surface area (Å²) in [5, 5.41) is 6.54. The van der Waals surface area contributed by atoms with Crippen molar-refractivity contribution in [2.75, 3.05) is 20.1 Å². The molecule has 0 atom stereocenters. The first kappa shape index (κ1) is 22.1. The van der Waals surface area contributed by atoms with Crippen LogP contribution in [0.5, 0.6) is 0 Å². The molecule has 0 saturated carbocycles. The van der Waals surface area contributed by atoms with Crippen LogP contribution in [-0.2, 0) is 24.3 Å². The van der Waals surface area contributed by atoms with Crippen LogP contribution in [-0.4, -0.2) is 41.9 Å². The maximum absolute atomic E-state index is 12.4. The number of amides is 1. The quantitative estimate of drug-likeness (QED) is 0.270. The number of pyridine rings is 1. The number of aliphatic imine (C=N–C) groups is 1. The molecule has 6 nitrogen and oxygen atoms in total. The standard InChI is InChI=1S/C21H27N5O.HI/c1-22-21(25-14-11-19-9-4-5-12-23-19)24-13-6-10-20(27)26-15-17-7-2-3-8-18(17)16-26;/h2-5,7-9,12H,6,10-11,13-16H2,1H3,(H2,22,24,25);1H. The number of fused-ring (bicyclic) bond motifs is 1. The summed E-state index contributed by atoms with van der Waals surface area (Å²) in [6.45, 7) is 2.95. The maximum Gasteiger partial charge on any atom is 0.223 e. The van der Waals surface area contributed by atoms with Crippen molar-refractivity contribution < 1.29 is 4.79 Å². The fourth-order valence-electron chi connectivity index (χ4n) is 3.19. The summed E-state index contributed by atoms with van der Waals surface area (Å²) < 4.78 is 0. The number of rotatable bonds is 7. The molecule has 28 heavy (non-hydrogen) atoms. The Balaban J connectivity index is 0.00000280. The molecule has 3 rings (SSSR count). The highest BCUT2D eigenvalue weighted by atomic mass is 127. The van der Waals surface area contributed by atoms with Crippen molar-refractivity contribution in [3.63, 3.8) is 0 Å². The Kier molecular flexibility index (Phi) is 9.19. The van der Waals surface area contributed by atoms with Gasteiger partial charge in [0.15, 0.2) is 5.96 Å². The van der Waals surface area contributed by atoms with Crippen LogP contribution in [0.15, 0.2) is 53.7 Å². The van der Waals surface area contributed by atoms with Gasteiger partial charge in [-0.3, -0.25) is 14.8 Å². The van der Waals surface area contributed by atoms with E-state index >= 15 is 0 Å². The van der Waals surface area contributed by atoms with E-state index in [9.17, 15) is 4.79 Å². The topological polar surface area (TPSA) is 69.6 Å². The van der Waals surface area contributed by atoms with Crippen LogP contribution in [0.2, 0.25) is 0 Å². The third-order valence-electron chi connectivity index (χ3n) is 4.68. The monoisotopic (exact) mass is 493 g/mol. The van der Waals surface area contributed by atoms with E-state index in [1.807, 2.05) is 35.2 Å². The van der Waals surface area contributed by atoms with Gasteiger partial charge in [-0.05, 0) is 29.7 Å². The second-order valence-electron chi connectivity index (χ2n) is 6.62. The third kappa shape index (κ3) is 6.47. The summed E-state index contributed by atoms with van der Waals surface area (Å²) in [4.78, 5) is 22.9. The minimum absolute atomic E-state index is 0. The average molecular weight is 493 g/mol. The molecule has 1 aromatic heterocycles. The van der Waals surface area contributed by atoms with Crippen LogP contribution in [0.3, 0.4) is 0 Å². The summed E-state index contributed by atoms with van der Waals surface area (Å²) in [6, 6.07) is 14.2. The number of nitrogens with one attached hydrogen (secondary N) is 2. The lowest BCUT2D eigenvalue weighted by Crippen LogP contribution is -2.39. The van der Waals surface area contributed by atoms with Gasteiger partial charge in [-0.1, -0.05) is 30.3 Å². The van der Waals surface area contributed by atoms with Crippen molar-refractivity contribution in [2.45, 2.75) is 32.4 Å². The number of guanidine groups is 1. The van der Waals surface area contributed by atoms with Crippen molar-refractivity contribution in [1.82, 2.24) is 20.5 Å². The van der Waals surface area contributed by atoms with E-state index in [1.165, 1.54) is 11.1 Å². The molecule has 1 aromatic carbocycles. The molecule has 1 aliphatic rings. The van der Waals surface area contributed by atoms with E-state index in [2.05, 4.69) is 32.7 Å². The first-order chi connectivity index (χ1) is 13.3. The zero-order chi connectivity index (χ0) is 18.9. The second-order valence-corrected chi connectivity index (χ2v) is 6.62. The number of nitrogens with zero attached hydrogens (tertiary/aromatic N) is 3. The molecular formula is C21H28IN5O. The van der Waals surface area contributed by atoms with E-state index in [4.69, 9.17) is 0 Å². The Bertz CT molecular complexity index is 756. The molecule has 1 amide bonds. The smallest absolute Gasteiger partial charge is 0.223 e. The van der Waals surface area contributed by atoms with Crippen molar-refractivity contribution in [3.05, 3.63) is 65.5 Å². The van der Waals surface area contributed by atoms with E-state index in [0.717, 1.165) is 50.7 Å². The van der Waals surface area contributed by atoms with Gasteiger partial charge >= 0.3 is 0 Å². The maximum atomic E-state index is 12.4. The molecule has 0 spiro atoms. The minimum Gasteiger partial charge on any atom is -0.356 e. The highest BCUT2D eigenvalue weighted by molar-refractivity contribution is 14.0. The number of hydrogen-bond acceptors (Lipinski definition) is 3. The average Bonchev–Trinajstić information content (AvgIpc) is 3.15. The summed E-state index contributed by atoms with van der Waals surface area (Å²) >= 11 is 0. The Labute approximate surface area is 183 Å². The van der Waals surface area contributed by atoms with E-state index in [1.54, 1.807) is 13.2 Å². The molecular weight excluding hydrogens is 465 g/mol. The van der Waals surface area contributed by atoms with Crippen LogP contribution in [0.4, 0.5) is 0 Å². The third-order valence-corrected chi connectivity index (χ3v) is 4.68. The molecule has 0 radical (unpaired) electrons. The predicted octanol–water partition coefficient (Wildman–Crippen LogP) is 2.73. The van der Waals surface area contributed by atoms with Crippen molar-refractivity contribution in [3.8, 4) is 0 Å². The molecule has 0 bridgehead atoms. The van der Waals surface area contributed by atoms with Gasteiger partial charge in [0.05, 0.1) is 0 Å². The summed E-state index contributed by atoms with van der Waals surface area (Å²) in [5.74, 6) is 0.970. The Morgan fingerprint density at radius 1 is 1.07 bits per heavy atom. The summed E-state index contributed by atoms with van der Waals surface area (Å²) in [5.41, 5.74) is 3.58. The zero-order valence-electron chi connectivity index (χ0n) is 16.2. The van der Waals surface area contributed by atoms with Gasteiger partial charge in [0.2, 0.25) is 5.91 Å². The molecule has 1 aliphatic heterocycles. The molecule has 0 saturated heterocycles. The number of carbonyl (C=O) groups is 1. The number of halogens is 1. The van der Waals surface area contributed by atoms with E-state index in [0.29, 0.717) is 6.42 Å². The molecule has 2 N–H and O–H groups in total. The number of benzene rings is 1. The lowest BCUT2D eigenvalue weighted by Gasteiger charge is -2.16. The highest BCUT2D eigenvalue weighted by Crippen LogP contribution is 2.22. The molecule has 150 valence electrons. The summed E-state index contributed by atoms with van der Waals surface area (Å²) in [6.07, 6.45) is 3.98. The summed E-state index contributed by atoms with van der Waals surface area (Å²) in [7, 11) is 1.75. The highest BCUT2D eigenvalue weighted by Gasteiger charge is 2.22. The van der Waals surface area contributed by atoms with Crippen molar-refractivity contribution in [2.24, 2.45) is 4.99 Å². The lowest BCUT2D eigenvalue weighted by atomic mass is 10.1. The van der Waals surface area contributed by atoms with Gasteiger partial charge in [-0.2, -0.15) is 0 Å². The molecule has 0 fully saturated rings. The second kappa shape index (κ2) is 11.6. The van der Waals surface area contributed by atoms with E-state index in [-0.39, 0.29) is 29.9 Å². The van der Waals surface area contributed by atoms with Crippen LogP contribution in [0.1, 0.15) is 29.7 Å². The fourth-order valence-corrected chi connectivity index (χ4v) is 3.19. The Morgan fingerprint density at radius 2 is 1.75 bits per heavy atom. The van der Waals surface area contributed by atoms with Crippen LogP contribution >= 0.6 is 24.0 Å². The first-order valence-electron chi connectivity index (χ1n) is 9.45. The Hall–Kier alpha value is -2.16. The van der Waals surface area contributed by atoms with Crippen LogP contribution in [0, 0.1) is 0 Å². The molecule has 0 aliphatic carbocycles. The molecule has 2 heterocycles. The largest absolute Gasteiger partial charge is 0.356 e. The number of aromatic nitrogens is 1. The van der Waals surface area contributed by atoms with Gasteiger partial charge in [-0.25, -0.2) is 0 Å². The molecule has 2 aromatic rings. The fraction of sp³-hybridized carbons (Fsp3) is 0.381. The minimum atomic E-state index is 0. The lowest BCUT2D eigenvalue weighted by molar-refractivity contribution is -0.131. The van der Waals surface area contributed by atoms with Crippen LogP contribution < -0.4 is 10.6 Å².